The van der Waals surface area contributed by atoms with Crippen LogP contribution in [0.2, 0.25) is 0 Å². The fourth-order valence-corrected chi connectivity index (χ4v) is 3.76. The van der Waals surface area contributed by atoms with Gasteiger partial charge in [-0.2, -0.15) is 0 Å². The van der Waals surface area contributed by atoms with E-state index in [1.165, 1.54) is 5.56 Å². The number of methoxy groups -OCH3 is 2. The number of anilines is 1. The lowest BCUT2D eigenvalue weighted by Gasteiger charge is -2.19. The molecule has 0 aliphatic heterocycles. The molecule has 0 unspecified atom stereocenters. The molecule has 0 atom stereocenters. The lowest BCUT2D eigenvalue weighted by atomic mass is 10.0. The second-order valence-electron chi connectivity index (χ2n) is 9.51. The number of nitrogens with one attached hydrogen (secondary N) is 1. The Bertz CT molecular complexity index is 1180. The summed E-state index contributed by atoms with van der Waals surface area (Å²) in [6.07, 6.45) is 4.79. The molecule has 0 saturated carbocycles. The number of carbonyl (C=O) groups is 1. The lowest BCUT2D eigenvalue weighted by molar-refractivity contribution is 0.0636. The number of nitrogens with zero attached hydrogens (tertiary/aromatic N) is 1. The summed E-state index contributed by atoms with van der Waals surface area (Å²) in [6.45, 7) is 7.30. The van der Waals surface area contributed by atoms with E-state index in [9.17, 15) is 4.79 Å². The number of hydrogen-bond acceptors (Lipinski definition) is 5. The van der Waals surface area contributed by atoms with Crippen molar-refractivity contribution in [2.24, 2.45) is 0 Å². The van der Waals surface area contributed by atoms with Crippen LogP contribution in [0.25, 0.3) is 16.8 Å². The quantitative estimate of drug-likeness (QED) is 0.388. The Balaban J connectivity index is 1.59. The van der Waals surface area contributed by atoms with E-state index in [0.717, 1.165) is 47.3 Å². The predicted octanol–water partition coefficient (Wildman–Crippen LogP) is 6.39. The van der Waals surface area contributed by atoms with E-state index >= 15 is 0 Å². The van der Waals surface area contributed by atoms with Crippen molar-refractivity contribution in [1.29, 1.82) is 0 Å². The summed E-state index contributed by atoms with van der Waals surface area (Å²) in [6, 6.07) is 18.1. The van der Waals surface area contributed by atoms with Gasteiger partial charge in [0.1, 0.15) is 5.60 Å². The van der Waals surface area contributed by atoms with Crippen LogP contribution >= 0.6 is 0 Å². The van der Waals surface area contributed by atoms with Gasteiger partial charge in [0.2, 0.25) is 0 Å². The molecule has 0 radical (unpaired) electrons. The monoisotopic (exact) mass is 476 g/mol. The minimum atomic E-state index is -0.534. The molecule has 35 heavy (non-hydrogen) atoms. The van der Waals surface area contributed by atoms with Crippen molar-refractivity contribution in [3.8, 4) is 11.5 Å². The molecule has 186 valence electrons. The van der Waals surface area contributed by atoms with Crippen molar-refractivity contribution >= 4 is 28.6 Å². The third-order valence-corrected chi connectivity index (χ3v) is 5.50. The van der Waals surface area contributed by atoms with Crippen molar-refractivity contribution in [1.82, 2.24) is 4.90 Å². The summed E-state index contributed by atoms with van der Waals surface area (Å²) in [7, 11) is 5.42. The maximum absolute atomic E-state index is 12.1. The highest BCUT2D eigenvalue weighted by atomic mass is 16.6. The molecule has 0 aromatic heterocycles. The van der Waals surface area contributed by atoms with E-state index in [1.54, 1.807) is 14.2 Å². The van der Waals surface area contributed by atoms with Gasteiger partial charge in [-0.05, 0) is 80.4 Å². The fourth-order valence-electron chi connectivity index (χ4n) is 3.76. The van der Waals surface area contributed by atoms with Crippen LogP contribution in [0.1, 0.15) is 31.9 Å². The molecule has 1 amide bonds. The Morgan fingerprint density at radius 1 is 1.00 bits per heavy atom. The Morgan fingerprint density at radius 3 is 2.49 bits per heavy atom. The van der Waals surface area contributed by atoms with Crippen molar-refractivity contribution in [3.05, 3.63) is 71.8 Å². The molecule has 0 aliphatic carbocycles. The molecule has 6 heteroatoms. The highest BCUT2D eigenvalue weighted by molar-refractivity contribution is 5.95. The van der Waals surface area contributed by atoms with E-state index in [1.807, 2.05) is 63.2 Å². The molecule has 3 aromatic carbocycles. The number of amides is 1. The second kappa shape index (κ2) is 11.8. The van der Waals surface area contributed by atoms with Gasteiger partial charge in [-0.25, -0.2) is 4.79 Å². The van der Waals surface area contributed by atoms with Gasteiger partial charge in [0.05, 0.1) is 14.2 Å². The highest BCUT2D eigenvalue weighted by Crippen LogP contribution is 2.28. The van der Waals surface area contributed by atoms with E-state index in [-0.39, 0.29) is 0 Å². The van der Waals surface area contributed by atoms with Crippen LogP contribution in [0.5, 0.6) is 11.5 Å². The van der Waals surface area contributed by atoms with Crippen molar-refractivity contribution in [2.75, 3.05) is 39.7 Å². The molecule has 0 fully saturated rings. The minimum absolute atomic E-state index is 0.455. The van der Waals surface area contributed by atoms with Crippen LogP contribution in [0, 0.1) is 0 Å². The first kappa shape index (κ1) is 26.1. The first-order valence-electron chi connectivity index (χ1n) is 11.8. The van der Waals surface area contributed by atoms with E-state index in [2.05, 4.69) is 41.5 Å². The standard InChI is InChI=1S/C29H36N2O4/c1-29(2,3)35-28(32)30-24-13-14-25-22(9-7-10-23(25)20-24)11-8-17-31(4)18-16-21-12-15-26(33-5)27(19-21)34-6/h7-15,19-20H,16-18H2,1-6H3,(H,30,32)/b11-8+. The van der Waals surface area contributed by atoms with Gasteiger partial charge in [0, 0.05) is 18.8 Å². The summed E-state index contributed by atoms with van der Waals surface area (Å²) in [5.41, 5.74) is 2.53. The number of carbonyl (C=O) groups excluding carboxylic acids is 1. The van der Waals surface area contributed by atoms with E-state index in [4.69, 9.17) is 14.2 Å². The normalized spacial score (nSPS) is 11.7. The number of rotatable bonds is 9. The Hall–Kier alpha value is -3.51. The molecule has 0 heterocycles. The number of ether oxygens (including phenoxy) is 3. The maximum Gasteiger partial charge on any atom is 0.412 e. The Kier molecular flexibility index (Phi) is 8.77. The summed E-state index contributed by atoms with van der Waals surface area (Å²) < 4.78 is 16.1. The maximum atomic E-state index is 12.1. The molecular weight excluding hydrogens is 440 g/mol. The molecular formula is C29H36N2O4. The van der Waals surface area contributed by atoms with Crippen LogP contribution in [-0.4, -0.2) is 51.0 Å². The number of fused-ring (bicyclic) bond motifs is 1. The number of benzene rings is 3. The Morgan fingerprint density at radius 2 is 1.77 bits per heavy atom. The van der Waals surface area contributed by atoms with Gasteiger partial charge in [-0.1, -0.05) is 42.5 Å². The van der Waals surface area contributed by atoms with Gasteiger partial charge >= 0.3 is 6.09 Å². The Labute approximate surface area is 208 Å². The third-order valence-electron chi connectivity index (χ3n) is 5.50. The molecule has 6 nitrogen and oxygen atoms in total. The van der Waals surface area contributed by atoms with Crippen LogP contribution in [0.15, 0.2) is 60.7 Å². The molecule has 3 aromatic rings. The first-order chi connectivity index (χ1) is 16.7. The van der Waals surface area contributed by atoms with Gasteiger partial charge in [-0.3, -0.25) is 5.32 Å². The minimum Gasteiger partial charge on any atom is -0.493 e. The van der Waals surface area contributed by atoms with Gasteiger partial charge in [-0.15, -0.1) is 0 Å². The smallest absolute Gasteiger partial charge is 0.412 e. The topological polar surface area (TPSA) is 60.0 Å². The molecule has 1 N–H and O–H groups in total. The van der Waals surface area contributed by atoms with Gasteiger partial charge in [0.15, 0.2) is 11.5 Å². The van der Waals surface area contributed by atoms with Crippen molar-refractivity contribution in [2.45, 2.75) is 32.8 Å². The van der Waals surface area contributed by atoms with Crippen LogP contribution in [0.4, 0.5) is 10.5 Å². The number of hydrogen-bond donors (Lipinski definition) is 1. The summed E-state index contributed by atoms with van der Waals surface area (Å²) in [4.78, 5) is 14.4. The van der Waals surface area contributed by atoms with Crippen molar-refractivity contribution in [3.63, 3.8) is 0 Å². The zero-order valence-electron chi connectivity index (χ0n) is 21.6. The first-order valence-corrected chi connectivity index (χ1v) is 11.8. The van der Waals surface area contributed by atoms with Crippen LogP contribution < -0.4 is 14.8 Å². The largest absolute Gasteiger partial charge is 0.493 e. The zero-order valence-corrected chi connectivity index (χ0v) is 21.6. The fraction of sp³-hybridized carbons (Fsp3) is 0.345. The van der Waals surface area contributed by atoms with Crippen LogP contribution in [0.3, 0.4) is 0 Å². The SMILES string of the molecule is COc1ccc(CCN(C)C/C=C/c2cccc3cc(NC(=O)OC(C)(C)C)ccc23)cc1OC. The van der Waals surface area contributed by atoms with E-state index in [0.29, 0.717) is 5.69 Å². The van der Waals surface area contributed by atoms with E-state index < -0.39 is 11.7 Å². The van der Waals surface area contributed by atoms with Crippen LogP contribution in [-0.2, 0) is 11.2 Å². The molecule has 3 rings (SSSR count). The molecule has 0 spiro atoms. The summed E-state index contributed by atoms with van der Waals surface area (Å²) in [5, 5.41) is 5.00. The molecule has 0 bridgehead atoms. The van der Waals surface area contributed by atoms with Crippen molar-refractivity contribution < 1.29 is 19.0 Å². The summed E-state index contributed by atoms with van der Waals surface area (Å²) >= 11 is 0. The lowest BCUT2D eigenvalue weighted by Crippen LogP contribution is -2.27. The molecule has 0 saturated heterocycles. The second-order valence-corrected chi connectivity index (χ2v) is 9.51. The summed E-state index contributed by atoms with van der Waals surface area (Å²) in [5.74, 6) is 1.50. The third kappa shape index (κ3) is 7.76. The average Bonchev–Trinajstić information content (AvgIpc) is 2.81. The molecule has 0 aliphatic rings. The van der Waals surface area contributed by atoms with Gasteiger partial charge in [0.25, 0.3) is 0 Å². The number of likely N-dealkylation sites (N-methyl/N-ethyl adjacent to an activating group) is 1. The van der Waals surface area contributed by atoms with Gasteiger partial charge < -0.3 is 19.1 Å². The predicted molar refractivity (Wildman–Crippen MR) is 144 cm³/mol. The zero-order chi connectivity index (χ0) is 25.4. The average molecular weight is 477 g/mol. The highest BCUT2D eigenvalue weighted by Gasteiger charge is 2.16.